The highest BCUT2D eigenvalue weighted by Crippen LogP contribution is 2.21. The summed E-state index contributed by atoms with van der Waals surface area (Å²) < 4.78 is 18.0. The molecule has 0 aliphatic carbocycles. The Kier molecular flexibility index (Phi) is 2.91. The van der Waals surface area contributed by atoms with Crippen molar-refractivity contribution in [3.8, 4) is 5.75 Å². The molecule has 3 heterocycles. The minimum Gasteiger partial charge on any atom is -0.484 e. The maximum Gasteiger partial charge on any atom is 0.260 e. The van der Waals surface area contributed by atoms with E-state index in [9.17, 15) is 9.18 Å². The van der Waals surface area contributed by atoms with Gasteiger partial charge in [0.15, 0.2) is 6.61 Å². The number of carbonyl (C=O) groups is 1. The Morgan fingerprint density at radius 1 is 1.33 bits per heavy atom. The molecule has 3 fully saturated rings. The van der Waals surface area contributed by atoms with E-state index in [2.05, 4.69) is 5.32 Å². The van der Waals surface area contributed by atoms with Crippen molar-refractivity contribution < 1.29 is 13.9 Å². The SMILES string of the molecule is O=C(COc1ccc(F)cc1)N1CC2CC(C1)N2. The van der Waals surface area contributed by atoms with E-state index in [0.29, 0.717) is 17.8 Å². The highest BCUT2D eigenvalue weighted by atomic mass is 19.1. The number of carbonyl (C=O) groups excluding carboxylic acids is 1. The lowest BCUT2D eigenvalue weighted by Gasteiger charge is -2.48. The van der Waals surface area contributed by atoms with Gasteiger partial charge in [-0.1, -0.05) is 0 Å². The number of amides is 1. The zero-order valence-corrected chi connectivity index (χ0v) is 9.93. The number of piperidine rings is 1. The average Bonchev–Trinajstić information content (AvgIpc) is 2.37. The highest BCUT2D eigenvalue weighted by molar-refractivity contribution is 5.78. The Balaban J connectivity index is 1.50. The lowest BCUT2D eigenvalue weighted by molar-refractivity contribution is -0.137. The molecule has 96 valence electrons. The first-order chi connectivity index (χ1) is 8.70. The van der Waals surface area contributed by atoms with Gasteiger partial charge in [0.05, 0.1) is 0 Å². The van der Waals surface area contributed by atoms with Crippen molar-refractivity contribution in [2.45, 2.75) is 18.5 Å². The number of benzene rings is 1. The van der Waals surface area contributed by atoms with E-state index in [0.717, 1.165) is 13.1 Å². The summed E-state index contributed by atoms with van der Waals surface area (Å²) in [5.74, 6) is 0.205. The zero-order chi connectivity index (χ0) is 12.5. The highest BCUT2D eigenvalue weighted by Gasteiger charge is 2.38. The largest absolute Gasteiger partial charge is 0.484 e. The van der Waals surface area contributed by atoms with Gasteiger partial charge in [-0.15, -0.1) is 0 Å². The summed E-state index contributed by atoms with van der Waals surface area (Å²) in [6.07, 6.45) is 1.17. The summed E-state index contributed by atoms with van der Waals surface area (Å²) in [6.45, 7) is 1.55. The molecule has 0 radical (unpaired) electrons. The van der Waals surface area contributed by atoms with Gasteiger partial charge in [-0.2, -0.15) is 0 Å². The Hall–Kier alpha value is -1.62. The van der Waals surface area contributed by atoms with Crippen molar-refractivity contribution in [1.29, 1.82) is 0 Å². The summed E-state index contributed by atoms with van der Waals surface area (Å²) >= 11 is 0. The number of fused-ring (bicyclic) bond motifs is 2. The number of piperazine rings is 1. The summed E-state index contributed by atoms with van der Waals surface area (Å²) in [5, 5.41) is 3.37. The third-order valence-electron chi connectivity index (χ3n) is 3.45. The van der Waals surface area contributed by atoms with Gasteiger partial charge >= 0.3 is 0 Å². The zero-order valence-electron chi connectivity index (χ0n) is 9.93. The summed E-state index contributed by atoms with van der Waals surface area (Å²) in [6, 6.07) is 6.60. The second-order valence-corrected chi connectivity index (χ2v) is 4.84. The molecule has 0 aromatic heterocycles. The predicted molar refractivity (Wildman–Crippen MR) is 63.8 cm³/mol. The average molecular weight is 250 g/mol. The number of ether oxygens (including phenoxy) is 1. The number of nitrogens with one attached hydrogen (secondary N) is 1. The Labute approximate surface area is 105 Å². The van der Waals surface area contributed by atoms with E-state index >= 15 is 0 Å². The van der Waals surface area contributed by atoms with Crippen molar-refractivity contribution in [2.75, 3.05) is 19.7 Å². The lowest BCUT2D eigenvalue weighted by Crippen LogP contribution is -2.68. The third-order valence-corrected chi connectivity index (χ3v) is 3.45. The first-order valence-electron chi connectivity index (χ1n) is 6.13. The Morgan fingerprint density at radius 2 is 1.94 bits per heavy atom. The maximum atomic E-state index is 12.7. The molecule has 2 bridgehead atoms. The molecule has 4 rings (SSSR count). The lowest BCUT2D eigenvalue weighted by atomic mass is 9.91. The van der Waals surface area contributed by atoms with Crippen LogP contribution in [0, 0.1) is 5.82 Å². The van der Waals surface area contributed by atoms with Gasteiger partial charge in [0.25, 0.3) is 5.91 Å². The molecule has 4 nitrogen and oxygen atoms in total. The van der Waals surface area contributed by atoms with Gasteiger partial charge < -0.3 is 15.0 Å². The van der Waals surface area contributed by atoms with Gasteiger partial charge in [-0.05, 0) is 30.7 Å². The quantitative estimate of drug-likeness (QED) is 0.862. The van der Waals surface area contributed by atoms with E-state index in [1.165, 1.54) is 30.7 Å². The Bertz CT molecular complexity index is 433. The van der Waals surface area contributed by atoms with Crippen LogP contribution >= 0.6 is 0 Å². The van der Waals surface area contributed by atoms with Gasteiger partial charge in [0, 0.05) is 25.2 Å². The molecule has 5 heteroatoms. The van der Waals surface area contributed by atoms with Crippen LogP contribution in [0.15, 0.2) is 24.3 Å². The number of rotatable bonds is 3. The number of nitrogens with zero attached hydrogens (tertiary/aromatic N) is 1. The first-order valence-corrected chi connectivity index (χ1v) is 6.13. The van der Waals surface area contributed by atoms with E-state index in [1.807, 2.05) is 4.90 Å². The van der Waals surface area contributed by atoms with Gasteiger partial charge in [-0.25, -0.2) is 4.39 Å². The Morgan fingerprint density at radius 3 is 2.56 bits per heavy atom. The fourth-order valence-electron chi connectivity index (χ4n) is 2.48. The molecule has 0 spiro atoms. The van der Waals surface area contributed by atoms with Crippen molar-refractivity contribution in [2.24, 2.45) is 0 Å². The molecule has 2 atom stereocenters. The number of hydrogen-bond acceptors (Lipinski definition) is 3. The minimum atomic E-state index is -0.309. The molecule has 1 aromatic rings. The van der Waals surface area contributed by atoms with Crippen molar-refractivity contribution >= 4 is 5.91 Å². The summed E-state index contributed by atoms with van der Waals surface area (Å²) in [7, 11) is 0. The molecule has 18 heavy (non-hydrogen) atoms. The van der Waals surface area contributed by atoms with Crippen molar-refractivity contribution in [3.05, 3.63) is 30.1 Å². The predicted octanol–water partition coefficient (Wildman–Crippen LogP) is 0.777. The molecule has 0 saturated carbocycles. The molecular formula is C13H15FN2O2. The van der Waals surface area contributed by atoms with E-state index < -0.39 is 0 Å². The van der Waals surface area contributed by atoms with E-state index in [-0.39, 0.29) is 18.3 Å². The third kappa shape index (κ3) is 2.31. The van der Waals surface area contributed by atoms with Crippen molar-refractivity contribution in [1.82, 2.24) is 10.2 Å². The van der Waals surface area contributed by atoms with Gasteiger partial charge in [0.1, 0.15) is 11.6 Å². The molecule has 1 amide bonds. The number of halogens is 1. The topological polar surface area (TPSA) is 41.6 Å². The number of hydrogen-bond donors (Lipinski definition) is 1. The second kappa shape index (κ2) is 4.57. The van der Waals surface area contributed by atoms with Gasteiger partial charge in [-0.3, -0.25) is 4.79 Å². The molecule has 2 unspecified atom stereocenters. The standard InChI is InChI=1S/C13H15FN2O2/c14-9-1-3-12(4-2-9)18-8-13(17)16-6-10-5-11(7-16)15-10/h1-4,10-11,15H,5-8H2. The van der Waals surface area contributed by atoms with Crippen LogP contribution in [-0.2, 0) is 4.79 Å². The van der Waals surface area contributed by atoms with E-state index in [4.69, 9.17) is 4.74 Å². The summed E-state index contributed by atoms with van der Waals surface area (Å²) in [4.78, 5) is 13.7. The van der Waals surface area contributed by atoms with Crippen LogP contribution in [0.2, 0.25) is 0 Å². The van der Waals surface area contributed by atoms with Crippen LogP contribution < -0.4 is 10.1 Å². The van der Waals surface area contributed by atoms with E-state index in [1.54, 1.807) is 0 Å². The molecular weight excluding hydrogens is 235 g/mol. The van der Waals surface area contributed by atoms with Crippen LogP contribution in [0.1, 0.15) is 6.42 Å². The molecule has 1 N–H and O–H groups in total. The minimum absolute atomic E-state index is 0.00414. The van der Waals surface area contributed by atoms with Gasteiger partial charge in [0.2, 0.25) is 0 Å². The fourth-order valence-corrected chi connectivity index (χ4v) is 2.48. The molecule has 3 saturated heterocycles. The fraction of sp³-hybridized carbons (Fsp3) is 0.462. The first kappa shape index (κ1) is 11.5. The van der Waals surface area contributed by atoms with Crippen LogP contribution in [0.5, 0.6) is 5.75 Å². The molecule has 1 aromatic carbocycles. The van der Waals surface area contributed by atoms with Crippen LogP contribution in [0.25, 0.3) is 0 Å². The van der Waals surface area contributed by atoms with Crippen LogP contribution in [0.4, 0.5) is 4.39 Å². The van der Waals surface area contributed by atoms with Crippen LogP contribution in [-0.4, -0.2) is 42.6 Å². The molecule has 3 aliphatic rings. The van der Waals surface area contributed by atoms with Crippen LogP contribution in [0.3, 0.4) is 0 Å². The molecule has 3 aliphatic heterocycles. The monoisotopic (exact) mass is 250 g/mol. The normalized spacial score (nSPS) is 25.5. The smallest absolute Gasteiger partial charge is 0.260 e. The maximum absolute atomic E-state index is 12.7. The summed E-state index contributed by atoms with van der Waals surface area (Å²) in [5.41, 5.74) is 0. The van der Waals surface area contributed by atoms with Crippen molar-refractivity contribution in [3.63, 3.8) is 0 Å². The second-order valence-electron chi connectivity index (χ2n) is 4.84.